The van der Waals surface area contributed by atoms with Crippen LogP contribution in [0.3, 0.4) is 0 Å². The molecule has 0 spiro atoms. The number of carboxylic acids is 1. The Balaban J connectivity index is 2.35. The van der Waals surface area contributed by atoms with Crippen LogP contribution in [0.15, 0.2) is 27.6 Å². The Labute approximate surface area is 119 Å². The smallest absolute Gasteiger partial charge is 0.338 e. The lowest BCUT2D eigenvalue weighted by molar-refractivity contribution is 0.0691. The van der Waals surface area contributed by atoms with E-state index in [1.54, 1.807) is 6.92 Å². The maximum Gasteiger partial charge on any atom is 0.338 e. The molecule has 21 heavy (non-hydrogen) atoms. The molecule has 9 heteroatoms. The fourth-order valence-corrected chi connectivity index (χ4v) is 2.78. The first-order valence-corrected chi connectivity index (χ1v) is 7.55. The second kappa shape index (κ2) is 5.60. The van der Waals surface area contributed by atoms with Crippen molar-refractivity contribution < 1.29 is 27.2 Å². The monoisotopic (exact) mass is 314 g/mol. The summed E-state index contributed by atoms with van der Waals surface area (Å²) in [6.07, 6.45) is 0.489. The van der Waals surface area contributed by atoms with E-state index in [2.05, 4.69) is 10.1 Å². The van der Waals surface area contributed by atoms with Crippen molar-refractivity contribution >= 4 is 15.8 Å². The third kappa shape index (κ3) is 3.24. The van der Waals surface area contributed by atoms with E-state index in [0.29, 0.717) is 12.2 Å². The number of nitrogens with zero attached hydrogens (tertiary/aromatic N) is 2. The topological polar surface area (TPSA) is 110 Å². The van der Waals surface area contributed by atoms with Gasteiger partial charge in [0.15, 0.2) is 15.7 Å². The first-order valence-electron chi connectivity index (χ1n) is 5.90. The van der Waals surface area contributed by atoms with Gasteiger partial charge in [-0.2, -0.15) is 4.98 Å². The summed E-state index contributed by atoms with van der Waals surface area (Å²) in [7, 11) is -3.91. The summed E-state index contributed by atoms with van der Waals surface area (Å²) < 4.78 is 42.3. The number of aryl methyl sites for hydroxylation is 1. The Bertz CT molecular complexity index is 785. The number of carboxylic acid groups (broad SMARTS) is 1. The summed E-state index contributed by atoms with van der Waals surface area (Å²) in [4.78, 5) is 14.4. The van der Waals surface area contributed by atoms with Crippen LogP contribution in [-0.4, -0.2) is 29.6 Å². The maximum absolute atomic E-state index is 13.3. The van der Waals surface area contributed by atoms with Crippen molar-refractivity contribution in [2.24, 2.45) is 0 Å². The van der Waals surface area contributed by atoms with E-state index < -0.39 is 32.9 Å². The van der Waals surface area contributed by atoms with Gasteiger partial charge >= 0.3 is 5.97 Å². The molecule has 0 saturated heterocycles. The summed E-state index contributed by atoms with van der Waals surface area (Å²) in [6.45, 7) is 1.78. The number of rotatable bonds is 5. The molecule has 0 bridgehead atoms. The van der Waals surface area contributed by atoms with Gasteiger partial charge in [-0.05, 0) is 18.2 Å². The normalized spacial score (nSPS) is 11.5. The van der Waals surface area contributed by atoms with Crippen molar-refractivity contribution in [2.75, 3.05) is 0 Å². The number of halogens is 1. The third-order valence-electron chi connectivity index (χ3n) is 2.67. The van der Waals surface area contributed by atoms with Crippen LogP contribution in [0.25, 0.3) is 0 Å². The van der Waals surface area contributed by atoms with Gasteiger partial charge in [0.1, 0.15) is 11.6 Å². The van der Waals surface area contributed by atoms with Gasteiger partial charge in [-0.1, -0.05) is 12.1 Å². The molecule has 0 atom stereocenters. The van der Waals surface area contributed by atoms with Crippen molar-refractivity contribution in [1.82, 2.24) is 10.1 Å². The Morgan fingerprint density at radius 2 is 2.14 bits per heavy atom. The van der Waals surface area contributed by atoms with E-state index in [4.69, 9.17) is 9.63 Å². The molecule has 0 aliphatic rings. The molecule has 2 rings (SSSR count). The summed E-state index contributed by atoms with van der Waals surface area (Å²) in [5.74, 6) is -2.87. The summed E-state index contributed by atoms with van der Waals surface area (Å²) in [5, 5.41) is 12.4. The van der Waals surface area contributed by atoms with Crippen LogP contribution in [0.4, 0.5) is 4.39 Å². The van der Waals surface area contributed by atoms with E-state index in [1.807, 2.05) is 0 Å². The first kappa shape index (κ1) is 15.1. The van der Waals surface area contributed by atoms with Gasteiger partial charge < -0.3 is 9.63 Å². The van der Waals surface area contributed by atoms with Crippen molar-refractivity contribution in [1.29, 1.82) is 0 Å². The van der Waals surface area contributed by atoms with E-state index >= 15 is 0 Å². The van der Waals surface area contributed by atoms with Crippen LogP contribution in [0.2, 0.25) is 0 Å². The van der Waals surface area contributed by atoms with E-state index in [9.17, 15) is 17.6 Å². The van der Waals surface area contributed by atoms with Gasteiger partial charge in [0.05, 0.1) is 10.5 Å². The van der Waals surface area contributed by atoms with Crippen molar-refractivity contribution in [3.8, 4) is 0 Å². The molecule has 0 saturated carbocycles. The molecule has 1 aromatic heterocycles. The van der Waals surface area contributed by atoms with Crippen LogP contribution in [0.1, 0.15) is 29.0 Å². The van der Waals surface area contributed by atoms with Gasteiger partial charge in [-0.25, -0.2) is 17.6 Å². The van der Waals surface area contributed by atoms with Crippen LogP contribution < -0.4 is 0 Å². The van der Waals surface area contributed by atoms with E-state index in [-0.39, 0.29) is 10.8 Å². The number of hydrogen-bond acceptors (Lipinski definition) is 6. The Morgan fingerprint density at radius 1 is 1.43 bits per heavy atom. The Morgan fingerprint density at radius 3 is 2.71 bits per heavy atom. The molecule has 7 nitrogen and oxygen atoms in total. The zero-order chi connectivity index (χ0) is 15.6. The number of benzene rings is 1. The van der Waals surface area contributed by atoms with Gasteiger partial charge in [-0.3, -0.25) is 0 Å². The maximum atomic E-state index is 13.3. The lowest BCUT2D eigenvalue weighted by Crippen LogP contribution is -2.08. The molecular formula is C12H11FN2O5S. The van der Waals surface area contributed by atoms with Crippen molar-refractivity contribution in [3.05, 3.63) is 41.3 Å². The zero-order valence-corrected chi connectivity index (χ0v) is 11.7. The molecule has 0 fully saturated rings. The van der Waals surface area contributed by atoms with Crippen LogP contribution in [-0.2, 0) is 22.0 Å². The molecule has 0 aliphatic heterocycles. The molecule has 0 unspecified atom stereocenters. The quantitative estimate of drug-likeness (QED) is 0.831. The van der Waals surface area contributed by atoms with Crippen LogP contribution >= 0.6 is 0 Å². The minimum Gasteiger partial charge on any atom is -0.478 e. The molecule has 0 aliphatic carbocycles. The van der Waals surface area contributed by atoms with Crippen molar-refractivity contribution in [2.45, 2.75) is 24.0 Å². The van der Waals surface area contributed by atoms with E-state index in [0.717, 1.165) is 18.2 Å². The van der Waals surface area contributed by atoms with Crippen LogP contribution in [0, 0.1) is 5.82 Å². The second-order valence-electron chi connectivity index (χ2n) is 4.16. The molecule has 1 aromatic carbocycles. The highest BCUT2D eigenvalue weighted by atomic mass is 32.2. The summed E-state index contributed by atoms with van der Waals surface area (Å²) >= 11 is 0. The Hall–Kier alpha value is -2.29. The number of carbonyl (C=O) groups is 1. The first-order chi connectivity index (χ1) is 9.83. The largest absolute Gasteiger partial charge is 0.478 e. The second-order valence-corrected chi connectivity index (χ2v) is 6.15. The SMILES string of the molecule is CCc1noc(CS(=O)(=O)c2ccc(F)c(C(=O)O)c2)n1. The highest BCUT2D eigenvalue weighted by Gasteiger charge is 2.22. The molecule has 2 aromatic rings. The lowest BCUT2D eigenvalue weighted by Gasteiger charge is -2.04. The summed E-state index contributed by atoms with van der Waals surface area (Å²) in [5.41, 5.74) is -0.712. The minimum atomic E-state index is -3.91. The highest BCUT2D eigenvalue weighted by molar-refractivity contribution is 7.90. The average molecular weight is 314 g/mol. The van der Waals surface area contributed by atoms with Gasteiger partial charge in [0.25, 0.3) is 0 Å². The van der Waals surface area contributed by atoms with Crippen molar-refractivity contribution in [3.63, 3.8) is 0 Å². The third-order valence-corrected chi connectivity index (χ3v) is 4.27. The fraction of sp³-hybridized carbons (Fsp3) is 0.250. The van der Waals surface area contributed by atoms with Gasteiger partial charge in [-0.15, -0.1) is 0 Å². The average Bonchev–Trinajstić information content (AvgIpc) is 2.85. The minimum absolute atomic E-state index is 0.104. The number of hydrogen-bond donors (Lipinski definition) is 1. The van der Waals surface area contributed by atoms with Crippen LogP contribution in [0.5, 0.6) is 0 Å². The molecule has 112 valence electrons. The molecular weight excluding hydrogens is 303 g/mol. The number of aromatic carboxylic acids is 1. The lowest BCUT2D eigenvalue weighted by atomic mass is 10.2. The highest BCUT2D eigenvalue weighted by Crippen LogP contribution is 2.19. The van der Waals surface area contributed by atoms with E-state index in [1.165, 1.54) is 0 Å². The number of aromatic nitrogens is 2. The molecule has 1 N–H and O–H groups in total. The number of sulfone groups is 1. The standard InChI is InChI=1S/C12H11FN2O5S/c1-2-10-14-11(20-15-10)6-21(18,19)7-3-4-9(13)8(5-7)12(16)17/h3-5H,2,6H2,1H3,(H,16,17). The summed E-state index contributed by atoms with van der Waals surface area (Å²) in [6, 6.07) is 2.56. The fourth-order valence-electron chi connectivity index (χ4n) is 1.60. The predicted octanol–water partition coefficient (Wildman–Crippen LogP) is 1.44. The molecule has 0 radical (unpaired) electrons. The molecule has 1 heterocycles. The van der Waals surface area contributed by atoms with Gasteiger partial charge in [0.2, 0.25) is 5.89 Å². The molecule has 0 amide bonds. The zero-order valence-electron chi connectivity index (χ0n) is 10.9. The Kier molecular flexibility index (Phi) is 4.03. The van der Waals surface area contributed by atoms with Gasteiger partial charge in [0, 0.05) is 6.42 Å². The predicted molar refractivity (Wildman–Crippen MR) is 67.9 cm³/mol.